The van der Waals surface area contributed by atoms with Crippen LogP contribution in [0.25, 0.3) is 0 Å². The first-order valence-corrected chi connectivity index (χ1v) is 9.46. The van der Waals surface area contributed by atoms with E-state index in [4.69, 9.17) is 9.73 Å². The van der Waals surface area contributed by atoms with E-state index in [-0.39, 0.29) is 10.9 Å². The monoisotopic (exact) mass is 348 g/mol. The van der Waals surface area contributed by atoms with Crippen LogP contribution in [0.4, 0.5) is 0 Å². The van der Waals surface area contributed by atoms with Crippen molar-refractivity contribution in [2.24, 2.45) is 4.99 Å². The van der Waals surface area contributed by atoms with E-state index in [1.807, 2.05) is 30.0 Å². The second kappa shape index (κ2) is 6.24. The summed E-state index contributed by atoms with van der Waals surface area (Å²) in [5, 5.41) is 10.6. The van der Waals surface area contributed by atoms with Crippen LogP contribution in [0.3, 0.4) is 0 Å². The Labute approximate surface area is 152 Å². The lowest BCUT2D eigenvalue weighted by Gasteiger charge is -2.37. The molecule has 25 heavy (non-hydrogen) atoms. The van der Waals surface area contributed by atoms with E-state index in [1.54, 1.807) is 0 Å². The maximum Gasteiger partial charge on any atom is 0.124 e. The first-order valence-electron chi connectivity index (χ1n) is 8.58. The van der Waals surface area contributed by atoms with Gasteiger partial charge in [0, 0.05) is 29.3 Å². The molecule has 2 aromatic carbocycles. The fourth-order valence-electron chi connectivity index (χ4n) is 3.51. The van der Waals surface area contributed by atoms with Crippen molar-refractivity contribution in [3.63, 3.8) is 0 Å². The van der Waals surface area contributed by atoms with Crippen LogP contribution in [-0.2, 0) is 6.42 Å². The number of hydrogen-bond donors (Lipinski definition) is 0. The number of rotatable bonds is 1. The van der Waals surface area contributed by atoms with Gasteiger partial charge in [-0.25, -0.2) is 0 Å². The summed E-state index contributed by atoms with van der Waals surface area (Å²) in [4.78, 5) is 4.80. The molecular weight excluding hydrogens is 328 g/mol. The lowest BCUT2D eigenvalue weighted by atomic mass is 9.93. The van der Waals surface area contributed by atoms with E-state index >= 15 is 0 Å². The average Bonchev–Trinajstić information content (AvgIpc) is 2.61. The number of fused-ring (bicyclic) bond motifs is 2. The van der Waals surface area contributed by atoms with Crippen molar-refractivity contribution in [1.29, 1.82) is 5.26 Å². The highest BCUT2D eigenvalue weighted by molar-refractivity contribution is 8.14. The second-order valence-electron chi connectivity index (χ2n) is 7.13. The molecule has 2 aliphatic rings. The van der Waals surface area contributed by atoms with Crippen LogP contribution in [0.15, 0.2) is 47.5 Å². The summed E-state index contributed by atoms with van der Waals surface area (Å²) in [6.45, 7) is 5.09. The average molecular weight is 348 g/mol. The summed E-state index contributed by atoms with van der Waals surface area (Å²) < 4.78 is 6.15. The van der Waals surface area contributed by atoms with Crippen LogP contribution in [0.1, 0.15) is 47.8 Å². The van der Waals surface area contributed by atoms with Crippen molar-refractivity contribution < 1.29 is 4.74 Å². The zero-order valence-corrected chi connectivity index (χ0v) is 15.3. The Hall–Kier alpha value is -2.25. The molecule has 0 aromatic heterocycles. The molecular formula is C21H20N2OS. The lowest BCUT2D eigenvalue weighted by molar-refractivity contribution is 0.0835. The number of nitrogens with zero attached hydrogens (tertiary/aromatic N) is 2. The normalized spacial score (nSPS) is 20.5. The minimum Gasteiger partial charge on any atom is -0.487 e. The van der Waals surface area contributed by atoms with Gasteiger partial charge < -0.3 is 4.74 Å². The molecule has 0 amide bonds. The van der Waals surface area contributed by atoms with Gasteiger partial charge in [0.2, 0.25) is 0 Å². The quantitative estimate of drug-likeness (QED) is 0.736. The summed E-state index contributed by atoms with van der Waals surface area (Å²) in [5.74, 6) is 0.887. The standard InChI is InChI=1S/C21H20N2OS/c1-21(2)12-19(17-11-14(13-22)7-8-18(17)24-21)25-20-16-6-4-3-5-15(16)9-10-23-20/h3-8,11,19H,9-10,12H2,1-2H3/t19-/m0/s1. The third-order valence-electron chi connectivity index (χ3n) is 4.69. The fraction of sp³-hybridized carbons (Fsp3) is 0.333. The van der Waals surface area contributed by atoms with Gasteiger partial charge in [0.15, 0.2) is 0 Å². The van der Waals surface area contributed by atoms with Crippen LogP contribution in [0, 0.1) is 11.3 Å². The van der Waals surface area contributed by atoms with Gasteiger partial charge in [-0.15, -0.1) is 0 Å². The zero-order valence-electron chi connectivity index (χ0n) is 14.5. The van der Waals surface area contributed by atoms with Crippen molar-refractivity contribution in [2.45, 2.75) is 37.5 Å². The van der Waals surface area contributed by atoms with Crippen molar-refractivity contribution >= 4 is 16.8 Å². The number of hydrogen-bond acceptors (Lipinski definition) is 4. The summed E-state index contributed by atoms with van der Waals surface area (Å²) in [5.41, 5.74) is 4.18. The third-order valence-corrected chi connectivity index (χ3v) is 5.96. The second-order valence-corrected chi connectivity index (χ2v) is 8.32. The molecule has 2 heterocycles. The summed E-state index contributed by atoms with van der Waals surface area (Å²) in [6, 6.07) is 16.5. The first kappa shape index (κ1) is 16.2. The van der Waals surface area contributed by atoms with Gasteiger partial charge in [0.25, 0.3) is 0 Å². The van der Waals surface area contributed by atoms with Crippen molar-refractivity contribution in [2.75, 3.05) is 6.54 Å². The number of thioether (sulfide) groups is 1. The highest BCUT2D eigenvalue weighted by atomic mass is 32.2. The maximum atomic E-state index is 9.26. The minimum absolute atomic E-state index is 0.229. The van der Waals surface area contributed by atoms with Gasteiger partial charge in [-0.1, -0.05) is 36.0 Å². The molecule has 0 radical (unpaired) electrons. The van der Waals surface area contributed by atoms with E-state index in [0.29, 0.717) is 5.56 Å². The van der Waals surface area contributed by atoms with Gasteiger partial charge in [0.1, 0.15) is 11.4 Å². The van der Waals surface area contributed by atoms with Crippen LogP contribution in [0.2, 0.25) is 0 Å². The van der Waals surface area contributed by atoms with E-state index in [0.717, 1.165) is 35.7 Å². The predicted octanol–water partition coefficient (Wildman–Crippen LogP) is 4.90. The molecule has 0 saturated carbocycles. The Bertz CT molecular complexity index is 895. The maximum absolute atomic E-state index is 9.26. The largest absolute Gasteiger partial charge is 0.487 e. The molecule has 4 rings (SSSR count). The van der Waals surface area contributed by atoms with Gasteiger partial charge in [-0.2, -0.15) is 5.26 Å². The first-order chi connectivity index (χ1) is 12.1. The highest BCUT2D eigenvalue weighted by Crippen LogP contribution is 2.48. The topological polar surface area (TPSA) is 45.4 Å². The molecule has 0 spiro atoms. The minimum atomic E-state index is -0.229. The van der Waals surface area contributed by atoms with Gasteiger partial charge in [-0.05, 0) is 44.0 Å². The van der Waals surface area contributed by atoms with Crippen molar-refractivity contribution in [3.05, 3.63) is 64.7 Å². The van der Waals surface area contributed by atoms with Crippen LogP contribution in [-0.4, -0.2) is 17.2 Å². The molecule has 0 unspecified atom stereocenters. The third kappa shape index (κ3) is 3.17. The molecule has 4 heteroatoms. The SMILES string of the molecule is CC1(C)C[C@H](SC2=NCCc3ccccc32)c2cc(C#N)ccc2O1. The molecule has 126 valence electrons. The Kier molecular flexibility index (Phi) is 4.05. The Morgan fingerprint density at radius 1 is 1.24 bits per heavy atom. The molecule has 0 bridgehead atoms. The molecule has 2 aliphatic heterocycles. The molecule has 1 atom stereocenters. The number of aliphatic imine (C=N–C) groups is 1. The molecule has 0 N–H and O–H groups in total. The molecule has 0 aliphatic carbocycles. The van der Waals surface area contributed by atoms with Crippen molar-refractivity contribution in [3.8, 4) is 11.8 Å². The fourth-order valence-corrected chi connectivity index (χ4v) is 5.07. The Morgan fingerprint density at radius 2 is 2.08 bits per heavy atom. The number of benzene rings is 2. The number of ether oxygens (including phenoxy) is 1. The van der Waals surface area contributed by atoms with Gasteiger partial charge in [0.05, 0.1) is 16.7 Å². The summed E-state index contributed by atoms with van der Waals surface area (Å²) in [6.07, 6.45) is 1.90. The van der Waals surface area contributed by atoms with Crippen LogP contribution in [0.5, 0.6) is 5.75 Å². The molecule has 0 saturated heterocycles. The van der Waals surface area contributed by atoms with Crippen LogP contribution < -0.4 is 4.74 Å². The lowest BCUT2D eigenvalue weighted by Crippen LogP contribution is -2.34. The summed E-state index contributed by atoms with van der Waals surface area (Å²) in [7, 11) is 0. The molecule has 3 nitrogen and oxygen atoms in total. The highest BCUT2D eigenvalue weighted by Gasteiger charge is 2.35. The Balaban J connectivity index is 1.71. The van der Waals surface area contributed by atoms with Crippen molar-refractivity contribution in [1.82, 2.24) is 0 Å². The smallest absolute Gasteiger partial charge is 0.124 e. The predicted molar refractivity (Wildman–Crippen MR) is 102 cm³/mol. The van der Waals surface area contributed by atoms with E-state index in [1.165, 1.54) is 11.1 Å². The van der Waals surface area contributed by atoms with Gasteiger partial charge in [-0.3, -0.25) is 4.99 Å². The van der Waals surface area contributed by atoms with Gasteiger partial charge >= 0.3 is 0 Å². The molecule has 0 fully saturated rings. The van der Waals surface area contributed by atoms with E-state index in [9.17, 15) is 5.26 Å². The zero-order chi connectivity index (χ0) is 17.4. The van der Waals surface area contributed by atoms with Crippen LogP contribution >= 0.6 is 11.8 Å². The summed E-state index contributed by atoms with van der Waals surface area (Å²) >= 11 is 1.81. The Morgan fingerprint density at radius 3 is 2.92 bits per heavy atom. The number of nitriles is 1. The van der Waals surface area contributed by atoms with E-state index < -0.39 is 0 Å². The van der Waals surface area contributed by atoms with E-state index in [2.05, 4.69) is 44.2 Å². The molecule has 2 aromatic rings.